The van der Waals surface area contributed by atoms with Crippen LogP contribution in [0.25, 0.3) is 78.7 Å². The van der Waals surface area contributed by atoms with Gasteiger partial charge in [0.2, 0.25) is 0 Å². The zero-order chi connectivity index (χ0) is 37.7. The predicted molar refractivity (Wildman–Crippen MR) is 241 cm³/mol. The van der Waals surface area contributed by atoms with Crippen molar-refractivity contribution >= 4 is 45.3 Å². The highest BCUT2D eigenvalue weighted by Crippen LogP contribution is 2.37. The van der Waals surface area contributed by atoms with Crippen LogP contribution in [0.5, 0.6) is 0 Å². The van der Waals surface area contributed by atoms with E-state index in [9.17, 15) is 0 Å². The van der Waals surface area contributed by atoms with Crippen molar-refractivity contribution in [3.05, 3.63) is 205 Å². The molecule has 0 fully saturated rings. The fraction of sp³-hybridized carbons (Fsp3) is 0.0741. The fourth-order valence-electron chi connectivity index (χ4n) is 9.12. The Bertz CT molecular complexity index is 3020. The van der Waals surface area contributed by atoms with Gasteiger partial charge in [0.1, 0.15) is 0 Å². The van der Waals surface area contributed by atoms with E-state index >= 15 is 0 Å². The van der Waals surface area contributed by atoms with E-state index < -0.39 is 0 Å². The molecule has 0 amide bonds. The van der Waals surface area contributed by atoms with Gasteiger partial charge < -0.3 is 14.5 Å². The van der Waals surface area contributed by atoms with Crippen molar-refractivity contribution in [2.24, 2.45) is 0 Å². The van der Waals surface area contributed by atoms with Gasteiger partial charge in [0, 0.05) is 44.9 Å². The molecule has 2 heterocycles. The molecule has 9 aromatic rings. The second-order valence-corrected chi connectivity index (χ2v) is 15.3. The number of rotatable bonds is 7. The van der Waals surface area contributed by atoms with Gasteiger partial charge in [-0.2, -0.15) is 0 Å². The molecule has 57 heavy (non-hydrogen) atoms. The lowest BCUT2D eigenvalue weighted by molar-refractivity contribution is 0.968. The Hall–Kier alpha value is -7.10. The lowest BCUT2D eigenvalue weighted by Crippen LogP contribution is -2.00. The predicted octanol–water partition coefficient (Wildman–Crippen LogP) is 14.2. The number of nitrogens with zero attached hydrogens (tertiary/aromatic N) is 2. The number of benzene rings is 7. The van der Waals surface area contributed by atoms with Gasteiger partial charge in [0.25, 0.3) is 0 Å². The molecule has 0 unspecified atom stereocenters. The SMILES string of the molecule is C1=Cc2c(c3ccccc3n2-c2cccc(-c3ccc(Nc4ccc(-c5cccc(-c6cccc(-n7c8c(c9ccccc97)CCC=C8)c6)c5)cc4)cc3)c2)CC1. The van der Waals surface area contributed by atoms with Crippen molar-refractivity contribution in [3.8, 4) is 44.8 Å². The van der Waals surface area contributed by atoms with Crippen LogP contribution in [0.1, 0.15) is 35.4 Å². The van der Waals surface area contributed by atoms with Crippen molar-refractivity contribution in [2.45, 2.75) is 25.7 Å². The lowest BCUT2D eigenvalue weighted by Gasteiger charge is -2.14. The van der Waals surface area contributed by atoms with Crippen LogP contribution in [-0.4, -0.2) is 9.13 Å². The number of nitrogens with one attached hydrogen (secondary N) is 1. The summed E-state index contributed by atoms with van der Waals surface area (Å²) in [6, 6.07) is 61.9. The number of aryl methyl sites for hydroxylation is 2. The number of hydrogen-bond donors (Lipinski definition) is 1. The molecule has 0 aliphatic heterocycles. The van der Waals surface area contributed by atoms with E-state index in [1.54, 1.807) is 0 Å². The third-order valence-electron chi connectivity index (χ3n) is 11.8. The van der Waals surface area contributed by atoms with Gasteiger partial charge in [-0.25, -0.2) is 0 Å². The minimum Gasteiger partial charge on any atom is -0.356 e. The van der Waals surface area contributed by atoms with E-state index in [0.29, 0.717) is 0 Å². The normalized spacial score (nSPS) is 13.2. The third kappa shape index (κ3) is 5.91. The first kappa shape index (κ1) is 33.3. The summed E-state index contributed by atoms with van der Waals surface area (Å²) >= 11 is 0. The van der Waals surface area contributed by atoms with Crippen molar-refractivity contribution in [1.82, 2.24) is 9.13 Å². The molecule has 0 spiro atoms. The summed E-state index contributed by atoms with van der Waals surface area (Å²) < 4.78 is 4.85. The van der Waals surface area contributed by atoms with E-state index in [-0.39, 0.29) is 0 Å². The van der Waals surface area contributed by atoms with Crippen LogP contribution in [0.2, 0.25) is 0 Å². The molecule has 0 radical (unpaired) electrons. The van der Waals surface area contributed by atoms with Crippen LogP contribution in [0, 0.1) is 0 Å². The molecular formula is C54H41N3. The van der Waals surface area contributed by atoms with E-state index in [4.69, 9.17) is 0 Å². The number of fused-ring (bicyclic) bond motifs is 6. The molecule has 0 saturated carbocycles. The zero-order valence-electron chi connectivity index (χ0n) is 31.7. The number of hydrogen-bond acceptors (Lipinski definition) is 1. The molecule has 0 atom stereocenters. The summed E-state index contributed by atoms with van der Waals surface area (Å²) in [5.41, 5.74) is 19.8. The molecule has 2 aromatic heterocycles. The van der Waals surface area contributed by atoms with Gasteiger partial charge in [-0.1, -0.05) is 115 Å². The molecule has 2 aliphatic carbocycles. The van der Waals surface area contributed by atoms with Gasteiger partial charge in [0.15, 0.2) is 0 Å². The quantitative estimate of drug-likeness (QED) is 0.173. The Balaban J connectivity index is 0.820. The number of aromatic nitrogens is 2. The first-order chi connectivity index (χ1) is 28.2. The highest BCUT2D eigenvalue weighted by atomic mass is 15.0. The van der Waals surface area contributed by atoms with Gasteiger partial charge in [-0.3, -0.25) is 0 Å². The summed E-state index contributed by atoms with van der Waals surface area (Å²) in [6.07, 6.45) is 13.6. The average molecular weight is 732 g/mol. The van der Waals surface area contributed by atoms with Gasteiger partial charge in [-0.05, 0) is 149 Å². The van der Waals surface area contributed by atoms with Crippen LogP contribution in [-0.2, 0) is 12.8 Å². The van der Waals surface area contributed by atoms with Crippen molar-refractivity contribution < 1.29 is 0 Å². The van der Waals surface area contributed by atoms with Crippen LogP contribution >= 0.6 is 0 Å². The van der Waals surface area contributed by atoms with Gasteiger partial charge >= 0.3 is 0 Å². The van der Waals surface area contributed by atoms with Crippen molar-refractivity contribution in [3.63, 3.8) is 0 Å². The van der Waals surface area contributed by atoms with Gasteiger partial charge in [0.05, 0.1) is 11.0 Å². The van der Waals surface area contributed by atoms with Crippen molar-refractivity contribution in [1.29, 1.82) is 0 Å². The maximum Gasteiger partial charge on any atom is 0.0537 e. The summed E-state index contributed by atoms with van der Waals surface area (Å²) in [4.78, 5) is 0. The van der Waals surface area contributed by atoms with E-state index in [0.717, 1.165) is 37.1 Å². The lowest BCUT2D eigenvalue weighted by atomic mass is 9.98. The monoisotopic (exact) mass is 731 g/mol. The highest BCUT2D eigenvalue weighted by molar-refractivity contribution is 5.92. The van der Waals surface area contributed by atoms with E-state index in [1.807, 2.05) is 0 Å². The fourth-order valence-corrected chi connectivity index (χ4v) is 9.12. The maximum atomic E-state index is 3.62. The largest absolute Gasteiger partial charge is 0.356 e. The summed E-state index contributed by atoms with van der Waals surface area (Å²) in [5, 5.41) is 6.34. The topological polar surface area (TPSA) is 21.9 Å². The van der Waals surface area contributed by atoms with Crippen LogP contribution < -0.4 is 5.32 Å². The van der Waals surface area contributed by atoms with Crippen LogP contribution in [0.15, 0.2) is 182 Å². The molecule has 7 aromatic carbocycles. The number of anilines is 2. The molecule has 1 N–H and O–H groups in total. The Morgan fingerprint density at radius 2 is 0.789 bits per heavy atom. The van der Waals surface area contributed by atoms with E-state index in [1.165, 1.54) is 89.1 Å². The Morgan fingerprint density at radius 1 is 0.368 bits per heavy atom. The molecule has 3 nitrogen and oxygen atoms in total. The maximum absolute atomic E-state index is 3.62. The minimum atomic E-state index is 1.06. The van der Waals surface area contributed by atoms with Crippen LogP contribution in [0.4, 0.5) is 11.4 Å². The summed E-state index contributed by atoms with van der Waals surface area (Å²) in [6.45, 7) is 0. The Morgan fingerprint density at radius 3 is 1.30 bits per heavy atom. The third-order valence-corrected chi connectivity index (χ3v) is 11.8. The Labute approximate surface area is 333 Å². The van der Waals surface area contributed by atoms with E-state index in [2.05, 4.69) is 209 Å². The molecule has 3 heteroatoms. The second kappa shape index (κ2) is 13.9. The summed E-state index contributed by atoms with van der Waals surface area (Å²) in [7, 11) is 0. The Kier molecular flexibility index (Phi) is 8.10. The molecule has 272 valence electrons. The highest BCUT2D eigenvalue weighted by Gasteiger charge is 2.20. The molecular weight excluding hydrogens is 691 g/mol. The number of para-hydroxylation sites is 2. The minimum absolute atomic E-state index is 1.06. The zero-order valence-corrected chi connectivity index (χ0v) is 31.7. The first-order valence-electron chi connectivity index (χ1n) is 20.1. The molecule has 2 aliphatic rings. The molecule has 0 saturated heterocycles. The first-order valence-corrected chi connectivity index (χ1v) is 20.1. The standard InChI is InChI=1S/C54H41N3/c1-5-22-51-47(18-1)48-19-2-6-23-52(48)56(51)45-16-10-14-41(35-45)38-28-32-44(33-29-38)55-43-30-26-37(27-31-43)39-12-9-13-40(34-39)42-15-11-17-46(36-42)57-53-24-7-3-20-49(53)50-21-4-8-25-54(50)57/h1,3,5-18,20,22-36,55H,2,4,19,21H2. The molecule has 0 bridgehead atoms. The second-order valence-electron chi connectivity index (χ2n) is 15.3. The molecule has 11 rings (SSSR count). The number of allylic oxidation sites excluding steroid dienone is 2. The summed E-state index contributed by atoms with van der Waals surface area (Å²) in [5.74, 6) is 0. The average Bonchev–Trinajstić information content (AvgIpc) is 3.80. The van der Waals surface area contributed by atoms with Gasteiger partial charge in [-0.15, -0.1) is 0 Å². The smallest absolute Gasteiger partial charge is 0.0537 e. The van der Waals surface area contributed by atoms with Crippen LogP contribution in [0.3, 0.4) is 0 Å². The van der Waals surface area contributed by atoms with Crippen molar-refractivity contribution in [2.75, 3.05) is 5.32 Å².